The van der Waals surface area contributed by atoms with Crippen LogP contribution in [-0.4, -0.2) is 11.9 Å². The molecule has 0 saturated carbocycles. The van der Waals surface area contributed by atoms with Gasteiger partial charge in [-0.25, -0.2) is 87.8 Å². The molecule has 0 amide bonds. The van der Waals surface area contributed by atoms with Gasteiger partial charge in [0.2, 0.25) is 22.9 Å². The molecular weight excluding hydrogens is 945 g/mol. The third-order valence-electron chi connectivity index (χ3n) is 10.0. The smallest absolute Gasteiger partial charge is 0.237 e. The van der Waals surface area contributed by atoms with E-state index in [1.54, 1.807) is 0 Å². The van der Waals surface area contributed by atoms with Gasteiger partial charge in [0.1, 0.15) is 52.7 Å². The molecule has 1 heterocycles. The van der Waals surface area contributed by atoms with Crippen molar-refractivity contribution in [2.75, 3.05) is 0 Å². The van der Waals surface area contributed by atoms with Crippen LogP contribution in [0.1, 0.15) is 10.4 Å². The van der Waals surface area contributed by atoms with E-state index in [0.29, 0.717) is 6.54 Å². The van der Waals surface area contributed by atoms with E-state index in [4.69, 9.17) is 0 Å². The number of carbonyl (C=O) groups is 1. The highest BCUT2D eigenvalue weighted by Gasteiger charge is 2.52. The first-order chi connectivity index (χ1) is 30.5. The number of aromatic nitrogens is 1. The van der Waals surface area contributed by atoms with E-state index in [1.807, 2.05) is 71.3 Å². The molecule has 0 fully saturated rings. The lowest BCUT2D eigenvalue weighted by Crippen LogP contribution is -2.81. The van der Waals surface area contributed by atoms with Crippen molar-refractivity contribution in [3.63, 3.8) is 0 Å². The highest BCUT2D eigenvalue weighted by molar-refractivity contribution is 7.80. The number of hydrogen-bond donors (Lipinski definition) is 1. The summed E-state index contributed by atoms with van der Waals surface area (Å²) in [5.41, 5.74) is -12.6. The summed E-state index contributed by atoms with van der Waals surface area (Å²) in [6.45, 7) is 0.296. The Labute approximate surface area is 354 Å². The molecule has 0 spiro atoms. The van der Waals surface area contributed by atoms with Gasteiger partial charge in [-0.1, -0.05) is 55.1 Å². The van der Waals surface area contributed by atoms with Crippen LogP contribution in [-0.2, 0) is 6.54 Å². The second-order valence-corrected chi connectivity index (χ2v) is 13.9. The Kier molecular flexibility index (Phi) is 13.1. The molecule has 0 N–H and O–H groups in total. The van der Waals surface area contributed by atoms with Crippen LogP contribution >= 0.6 is 12.6 Å². The predicted octanol–water partition coefficient (Wildman–Crippen LogP) is 9.14. The maximum Gasteiger partial charge on any atom is 0.237 e. The largest absolute Gasteiger partial charge is 0.287 e. The van der Waals surface area contributed by atoms with Gasteiger partial charge in [-0.2, -0.15) is 4.57 Å². The fourth-order valence-corrected chi connectivity index (χ4v) is 7.40. The van der Waals surface area contributed by atoms with Crippen molar-refractivity contribution in [1.29, 1.82) is 0 Å². The number of hydrogen-bond acceptors (Lipinski definition) is 2. The van der Waals surface area contributed by atoms with Crippen molar-refractivity contribution in [3.05, 3.63) is 189 Å². The quantitative estimate of drug-likeness (QED) is 0.0322. The second-order valence-electron chi connectivity index (χ2n) is 13.4. The summed E-state index contributed by atoms with van der Waals surface area (Å²) in [5.74, 6) is -71.3. The standard InChI is InChI=1S/C24BF20.C17H13NOS/c26-5-1(6(27)14(35)21(42)13(5)34)25(2-7(28)15(36)22(43)16(37)8(2)29,3-9(30)17(38)23(44)18(39)10(3)31)4-11(32)19(40)24(45)20(41)12(4)33;19-16(14-7-2-1-3-8-14)12-18-15-9-5-4-6-13(15)10-11-17(18)20/h;1-11H,12H2/q-1;/p+1. The van der Waals surface area contributed by atoms with Crippen LogP contribution in [0.4, 0.5) is 87.8 Å². The second kappa shape index (κ2) is 17.8. The summed E-state index contributed by atoms with van der Waals surface area (Å²) < 4.78 is 296. The van der Waals surface area contributed by atoms with E-state index in [1.165, 1.54) is 0 Å². The van der Waals surface area contributed by atoms with Gasteiger partial charge in [0.15, 0.2) is 69.8 Å². The molecule has 24 heteroatoms. The third kappa shape index (κ3) is 7.49. The molecule has 0 aliphatic rings. The van der Waals surface area contributed by atoms with Crippen molar-refractivity contribution >= 4 is 57.3 Å². The summed E-state index contributed by atoms with van der Waals surface area (Å²) in [4.78, 5) is 12.4. The van der Waals surface area contributed by atoms with Gasteiger partial charge < -0.3 is 0 Å². The minimum absolute atomic E-state index is 0.0854. The summed E-state index contributed by atoms with van der Waals surface area (Å²) in [5, 5.41) is 1.89. The zero-order valence-corrected chi connectivity index (χ0v) is 31.9. The number of para-hydroxylation sites is 1. The van der Waals surface area contributed by atoms with Gasteiger partial charge in [-0.05, 0) is 12.1 Å². The fourth-order valence-electron chi connectivity index (χ4n) is 7.15. The van der Waals surface area contributed by atoms with E-state index >= 15 is 35.1 Å². The first kappa shape index (κ1) is 47.9. The van der Waals surface area contributed by atoms with Gasteiger partial charge in [0.25, 0.3) is 0 Å². The Morgan fingerprint density at radius 1 is 0.369 bits per heavy atom. The molecule has 6 aromatic carbocycles. The average Bonchev–Trinajstić information content (AvgIpc) is 3.30. The van der Waals surface area contributed by atoms with Crippen LogP contribution in [0.25, 0.3) is 10.9 Å². The molecule has 1 aromatic heterocycles. The normalized spacial score (nSPS) is 11.6. The number of Topliss-reactive ketones (excluding diaryl/α,β-unsaturated/α-hetero) is 1. The molecule has 0 aliphatic carbocycles. The number of halogens is 20. The Morgan fingerprint density at radius 3 is 0.969 bits per heavy atom. The molecule has 0 bridgehead atoms. The number of carbonyl (C=O) groups excluding carboxylic acids is 1. The number of ketones is 1. The molecule has 338 valence electrons. The molecule has 0 atom stereocenters. The molecule has 2 nitrogen and oxygen atoms in total. The molecule has 7 aromatic rings. The number of nitrogens with zero attached hydrogens (tertiary/aromatic N) is 1. The maximum absolute atomic E-state index is 15.4. The van der Waals surface area contributed by atoms with Crippen LogP contribution in [0.2, 0.25) is 0 Å². The van der Waals surface area contributed by atoms with Crippen LogP contribution in [0.5, 0.6) is 0 Å². The SMILES string of the molecule is Fc1c(F)c(F)c([B-](c2c(F)c(F)c(F)c(F)c2F)(c2c(F)c(F)c(F)c(F)c2F)c2c(F)c(F)c(F)c(F)c2F)c(F)c1F.O=C(C[n+]1c(S)ccc2ccccc21)c1ccccc1. The van der Waals surface area contributed by atoms with Crippen LogP contribution in [0.15, 0.2) is 71.8 Å². The first-order valence-corrected chi connectivity index (χ1v) is 17.8. The van der Waals surface area contributed by atoms with Gasteiger partial charge in [0.05, 0.1) is 0 Å². The minimum Gasteiger partial charge on any atom is -0.287 e. The zero-order chi connectivity index (χ0) is 48.3. The average molecular weight is 959 g/mol. The first-order valence-electron chi connectivity index (χ1n) is 17.4. The Morgan fingerprint density at radius 2 is 0.646 bits per heavy atom. The van der Waals surface area contributed by atoms with Gasteiger partial charge in [-0.3, -0.25) is 4.79 Å². The van der Waals surface area contributed by atoms with E-state index in [9.17, 15) is 57.5 Å². The van der Waals surface area contributed by atoms with Crippen molar-refractivity contribution < 1.29 is 97.2 Å². The summed E-state index contributed by atoms with van der Waals surface area (Å²) in [6, 6.07) is 21.3. The lowest BCUT2D eigenvalue weighted by molar-refractivity contribution is -0.694. The van der Waals surface area contributed by atoms with Gasteiger partial charge in [0, 0.05) is 23.1 Å². The molecule has 0 saturated heterocycles. The number of rotatable bonds is 7. The highest BCUT2D eigenvalue weighted by Crippen LogP contribution is 2.31. The van der Waals surface area contributed by atoms with E-state index in [2.05, 4.69) is 12.6 Å². The van der Waals surface area contributed by atoms with E-state index in [0.717, 1.165) is 21.5 Å². The highest BCUT2D eigenvalue weighted by atomic mass is 32.1. The molecular formula is C41H14BF20NOS. The predicted molar refractivity (Wildman–Crippen MR) is 191 cm³/mol. The van der Waals surface area contributed by atoms with Gasteiger partial charge in [-0.15, -0.1) is 21.9 Å². The van der Waals surface area contributed by atoms with Crippen molar-refractivity contribution in [2.24, 2.45) is 0 Å². The van der Waals surface area contributed by atoms with Crippen molar-refractivity contribution in [3.8, 4) is 0 Å². The Bertz CT molecular complexity index is 2730. The monoisotopic (exact) mass is 959 g/mol. The van der Waals surface area contributed by atoms with Crippen LogP contribution < -0.4 is 26.4 Å². The molecule has 65 heavy (non-hydrogen) atoms. The Hall–Kier alpha value is -6.59. The zero-order valence-electron chi connectivity index (χ0n) is 31.0. The minimum atomic E-state index is -7.22. The van der Waals surface area contributed by atoms with E-state index in [-0.39, 0.29) is 5.78 Å². The van der Waals surface area contributed by atoms with Crippen LogP contribution in [0, 0.1) is 116 Å². The van der Waals surface area contributed by atoms with Crippen LogP contribution in [0.3, 0.4) is 0 Å². The number of benzene rings is 6. The molecule has 0 aliphatic heterocycles. The number of pyridine rings is 1. The third-order valence-corrected chi connectivity index (χ3v) is 10.4. The molecule has 0 unspecified atom stereocenters. The lowest BCUT2D eigenvalue weighted by Gasteiger charge is -2.44. The lowest BCUT2D eigenvalue weighted by atomic mass is 9.12. The number of fused-ring (bicyclic) bond motifs is 1. The summed E-state index contributed by atoms with van der Waals surface area (Å²) in [6.07, 6.45) is -7.22. The van der Waals surface area contributed by atoms with E-state index < -0.39 is 144 Å². The maximum atomic E-state index is 15.4. The van der Waals surface area contributed by atoms with Crippen molar-refractivity contribution in [2.45, 2.75) is 11.6 Å². The summed E-state index contributed by atoms with van der Waals surface area (Å²) >= 11 is 4.47. The fraction of sp³-hybridized carbons (Fsp3) is 0.0244. The topological polar surface area (TPSA) is 20.9 Å². The molecule has 7 rings (SSSR count). The number of thiol groups is 1. The molecule has 0 radical (unpaired) electrons. The Balaban J connectivity index is 0.000000289. The van der Waals surface area contributed by atoms with Crippen molar-refractivity contribution in [1.82, 2.24) is 0 Å². The van der Waals surface area contributed by atoms with Gasteiger partial charge >= 0.3 is 0 Å². The summed E-state index contributed by atoms with van der Waals surface area (Å²) in [7, 11) is 0.